The van der Waals surface area contributed by atoms with Gasteiger partial charge in [0, 0.05) is 14.1 Å². The Morgan fingerprint density at radius 3 is 2.50 bits per heavy atom. The van der Waals surface area contributed by atoms with E-state index in [4.69, 9.17) is 5.73 Å². The van der Waals surface area contributed by atoms with Crippen molar-refractivity contribution in [3.63, 3.8) is 0 Å². The maximum Gasteiger partial charge on any atom is 1.00 e. The first kappa shape index (κ1) is 13.7. The van der Waals surface area contributed by atoms with Crippen LogP contribution in [0.25, 0.3) is 0 Å². The Labute approximate surface area is 84.5 Å². The van der Waals surface area contributed by atoms with Crippen molar-refractivity contribution in [2.24, 2.45) is 5.73 Å². The van der Waals surface area contributed by atoms with Crippen LogP contribution in [0.2, 0.25) is 0 Å². The minimum Gasteiger partial charge on any atom is -0.802 e. The van der Waals surface area contributed by atoms with Crippen molar-refractivity contribution < 1.29 is 39.0 Å². The second-order valence-electron chi connectivity index (χ2n) is 2.24. The molecule has 56 valence electrons. The third-order valence-electron chi connectivity index (χ3n) is 1.04. The van der Waals surface area contributed by atoms with Gasteiger partial charge in [-0.25, -0.2) is 0 Å². The van der Waals surface area contributed by atoms with Crippen LogP contribution in [-0.2, 0) is 4.57 Å². The predicted octanol–water partition coefficient (Wildman–Crippen LogP) is -3.05. The fourth-order valence-corrected chi connectivity index (χ4v) is 1.06. The van der Waals surface area contributed by atoms with Gasteiger partial charge in [0.1, 0.15) is 0 Å². The molecule has 0 saturated carbocycles. The SMILES string of the molecule is C[C@@H](N)CCC[PH](=O)[O-].[Na+]. The monoisotopic (exact) mass is 173 g/mol. The predicted molar refractivity (Wildman–Crippen MR) is 36.8 cm³/mol. The van der Waals surface area contributed by atoms with E-state index in [-0.39, 0.29) is 35.6 Å². The summed E-state index contributed by atoms with van der Waals surface area (Å²) in [7, 11) is -2.49. The van der Waals surface area contributed by atoms with Gasteiger partial charge in [0.25, 0.3) is 0 Å². The molecule has 0 aliphatic carbocycles. The molecule has 0 heterocycles. The van der Waals surface area contributed by atoms with Crippen molar-refractivity contribution in [3.8, 4) is 0 Å². The summed E-state index contributed by atoms with van der Waals surface area (Å²) in [5.41, 5.74) is 5.39. The zero-order valence-electron chi connectivity index (χ0n) is 6.59. The van der Waals surface area contributed by atoms with Crippen molar-refractivity contribution in [2.45, 2.75) is 25.8 Å². The molecule has 2 N–H and O–H groups in total. The minimum absolute atomic E-state index is 0. The molecule has 5 heteroatoms. The van der Waals surface area contributed by atoms with Crippen LogP contribution in [0.1, 0.15) is 19.8 Å². The number of nitrogens with two attached hydrogens (primary N) is 1. The molecule has 0 radical (unpaired) electrons. The zero-order chi connectivity index (χ0) is 7.28. The average molecular weight is 173 g/mol. The van der Waals surface area contributed by atoms with Gasteiger partial charge >= 0.3 is 29.6 Å². The van der Waals surface area contributed by atoms with Crippen molar-refractivity contribution >= 4 is 8.03 Å². The van der Waals surface area contributed by atoms with Crippen LogP contribution < -0.4 is 40.2 Å². The van der Waals surface area contributed by atoms with E-state index in [1.807, 2.05) is 6.92 Å². The molecule has 1 unspecified atom stereocenters. The van der Waals surface area contributed by atoms with Gasteiger partial charge in [0.05, 0.1) is 0 Å². The summed E-state index contributed by atoms with van der Waals surface area (Å²) in [6.45, 7) is 1.88. The second-order valence-corrected chi connectivity index (χ2v) is 3.49. The topological polar surface area (TPSA) is 66.2 Å². The Morgan fingerprint density at radius 1 is 1.70 bits per heavy atom. The van der Waals surface area contributed by atoms with E-state index >= 15 is 0 Å². The van der Waals surface area contributed by atoms with Crippen molar-refractivity contribution in [3.05, 3.63) is 0 Å². The number of rotatable bonds is 4. The molecular formula is C5H13NNaO2P. The largest absolute Gasteiger partial charge is 1.00 e. The van der Waals surface area contributed by atoms with Gasteiger partial charge in [0.2, 0.25) is 0 Å². The van der Waals surface area contributed by atoms with Crippen LogP contribution in [0, 0.1) is 0 Å². The normalized spacial score (nSPS) is 15.5. The quantitative estimate of drug-likeness (QED) is 0.363. The first-order chi connectivity index (χ1) is 4.13. The fraction of sp³-hybridized carbons (Fsp3) is 1.00. The Bertz CT molecular complexity index is 99.6. The van der Waals surface area contributed by atoms with Crippen molar-refractivity contribution in [2.75, 3.05) is 6.16 Å². The van der Waals surface area contributed by atoms with Crippen molar-refractivity contribution in [1.82, 2.24) is 0 Å². The fourth-order valence-electron chi connectivity index (χ4n) is 0.568. The first-order valence-electron chi connectivity index (χ1n) is 3.08. The smallest absolute Gasteiger partial charge is 0.802 e. The molecule has 0 rings (SSSR count). The van der Waals surface area contributed by atoms with E-state index < -0.39 is 8.03 Å². The van der Waals surface area contributed by atoms with E-state index in [2.05, 4.69) is 0 Å². The van der Waals surface area contributed by atoms with Gasteiger partial charge in [-0.2, -0.15) is 0 Å². The third kappa shape index (κ3) is 11.9. The molecule has 0 aromatic carbocycles. The summed E-state index contributed by atoms with van der Waals surface area (Å²) in [5, 5.41) is 0. The van der Waals surface area contributed by atoms with Gasteiger partial charge in [-0.3, -0.25) is 0 Å². The Kier molecular flexibility index (Phi) is 11.3. The molecule has 0 aliphatic rings. The minimum atomic E-state index is -2.49. The van der Waals surface area contributed by atoms with E-state index in [9.17, 15) is 9.46 Å². The van der Waals surface area contributed by atoms with Gasteiger partial charge in [-0.1, -0.05) is 0 Å². The summed E-state index contributed by atoms with van der Waals surface area (Å²) in [6.07, 6.45) is 1.82. The molecule has 0 spiro atoms. The summed E-state index contributed by atoms with van der Waals surface area (Å²) in [5.74, 6) is 0. The first-order valence-corrected chi connectivity index (χ1v) is 4.60. The Balaban J connectivity index is 0. The Morgan fingerprint density at radius 2 is 2.20 bits per heavy atom. The van der Waals surface area contributed by atoms with Crippen molar-refractivity contribution in [1.29, 1.82) is 0 Å². The zero-order valence-corrected chi connectivity index (χ0v) is 9.59. The van der Waals surface area contributed by atoms with E-state index in [0.717, 1.165) is 6.42 Å². The van der Waals surface area contributed by atoms with Crippen LogP contribution in [0.3, 0.4) is 0 Å². The third-order valence-corrected chi connectivity index (χ3v) is 1.80. The second kappa shape index (κ2) is 8.25. The molecule has 0 aromatic heterocycles. The standard InChI is InChI=1S/C5H14NO2P.Na/c1-5(6)3-2-4-9(7)8;/h5,9H,2-4,6H2,1H3,(H,7,8);/q;+1/p-1/t5-;/m1./s1. The van der Waals surface area contributed by atoms with Gasteiger partial charge in [-0.05, 0) is 25.9 Å². The van der Waals surface area contributed by atoms with Gasteiger partial charge in [-0.15, -0.1) is 0 Å². The van der Waals surface area contributed by atoms with Gasteiger partial charge < -0.3 is 15.2 Å². The van der Waals surface area contributed by atoms with E-state index in [1.165, 1.54) is 0 Å². The molecule has 2 atom stereocenters. The summed E-state index contributed by atoms with van der Waals surface area (Å²) < 4.78 is 10.0. The van der Waals surface area contributed by atoms with Crippen LogP contribution in [-0.4, -0.2) is 12.2 Å². The summed E-state index contributed by atoms with van der Waals surface area (Å²) >= 11 is 0. The molecular weight excluding hydrogens is 160 g/mol. The summed E-state index contributed by atoms with van der Waals surface area (Å²) in [6, 6.07) is 0.131. The van der Waals surface area contributed by atoms with E-state index in [0.29, 0.717) is 12.6 Å². The molecule has 0 bridgehead atoms. The van der Waals surface area contributed by atoms with Crippen LogP contribution in [0.5, 0.6) is 0 Å². The molecule has 3 nitrogen and oxygen atoms in total. The van der Waals surface area contributed by atoms with Crippen LogP contribution >= 0.6 is 8.03 Å². The Hall–Kier alpha value is 1.15. The summed E-state index contributed by atoms with van der Waals surface area (Å²) in [4.78, 5) is 10.0. The number of hydrogen-bond acceptors (Lipinski definition) is 3. The molecule has 0 fully saturated rings. The number of hydrogen-bond donors (Lipinski definition) is 1. The molecule has 0 saturated heterocycles. The van der Waals surface area contributed by atoms with E-state index in [1.54, 1.807) is 0 Å². The molecule has 0 amide bonds. The maximum absolute atomic E-state index is 10.0. The van der Waals surface area contributed by atoms with Crippen LogP contribution in [0.4, 0.5) is 0 Å². The van der Waals surface area contributed by atoms with Crippen LogP contribution in [0.15, 0.2) is 0 Å². The van der Waals surface area contributed by atoms with Gasteiger partial charge in [0.15, 0.2) is 0 Å². The molecule has 0 aromatic rings. The molecule has 0 aliphatic heterocycles. The molecule has 10 heavy (non-hydrogen) atoms. The maximum atomic E-state index is 10.0. The average Bonchev–Trinajstić information content (AvgIpc) is 1.63.